The van der Waals surface area contributed by atoms with Crippen molar-refractivity contribution in [3.63, 3.8) is 0 Å². The van der Waals surface area contributed by atoms with E-state index in [0.29, 0.717) is 24.5 Å². The maximum absolute atomic E-state index is 12.7. The van der Waals surface area contributed by atoms with Crippen LogP contribution in [0.25, 0.3) is 11.4 Å². The molecule has 4 rings (SSSR count). The Morgan fingerprint density at radius 3 is 2.56 bits per heavy atom. The summed E-state index contributed by atoms with van der Waals surface area (Å²) < 4.78 is 5.17. The van der Waals surface area contributed by atoms with Crippen LogP contribution in [0.2, 0.25) is 0 Å². The van der Waals surface area contributed by atoms with Gasteiger partial charge in [-0.3, -0.25) is 9.59 Å². The average Bonchev–Trinajstić information content (AvgIpc) is 3.41. The van der Waals surface area contributed by atoms with Gasteiger partial charge in [-0.15, -0.1) is 0 Å². The van der Waals surface area contributed by atoms with Crippen LogP contribution >= 0.6 is 0 Å². The first-order chi connectivity index (χ1) is 13.2. The Morgan fingerprint density at radius 1 is 1.07 bits per heavy atom. The fourth-order valence-electron chi connectivity index (χ4n) is 3.18. The molecule has 0 bridgehead atoms. The Hall–Kier alpha value is -3.48. The van der Waals surface area contributed by atoms with Crippen molar-refractivity contribution >= 4 is 17.5 Å². The van der Waals surface area contributed by atoms with E-state index < -0.39 is 6.04 Å². The summed E-state index contributed by atoms with van der Waals surface area (Å²) >= 11 is 0. The number of amides is 2. The van der Waals surface area contributed by atoms with Crippen LogP contribution in [0.5, 0.6) is 0 Å². The standard InChI is InChI=1S/C20H18N4O3/c25-19(16-8-4-10-24(16)20(26)17-9-5-11-27-17)23-15-12-21-18(22-13-15)14-6-2-1-3-7-14/h1-3,5-7,9,11-13,16H,4,8,10H2,(H,23,25). The fraction of sp³-hybridized carbons (Fsp3) is 0.200. The Morgan fingerprint density at radius 2 is 1.85 bits per heavy atom. The average molecular weight is 362 g/mol. The number of aromatic nitrogens is 2. The van der Waals surface area contributed by atoms with Gasteiger partial charge >= 0.3 is 0 Å². The maximum Gasteiger partial charge on any atom is 0.290 e. The van der Waals surface area contributed by atoms with Gasteiger partial charge in [-0.25, -0.2) is 9.97 Å². The summed E-state index contributed by atoms with van der Waals surface area (Å²) in [4.78, 5) is 35.3. The van der Waals surface area contributed by atoms with Crippen LogP contribution in [0.4, 0.5) is 5.69 Å². The molecule has 27 heavy (non-hydrogen) atoms. The number of hydrogen-bond donors (Lipinski definition) is 1. The molecule has 0 spiro atoms. The van der Waals surface area contributed by atoms with Crippen molar-refractivity contribution in [2.75, 3.05) is 11.9 Å². The molecule has 3 aromatic rings. The predicted molar refractivity (Wildman–Crippen MR) is 98.9 cm³/mol. The lowest BCUT2D eigenvalue weighted by Gasteiger charge is -2.22. The first-order valence-electron chi connectivity index (χ1n) is 8.75. The molecule has 0 radical (unpaired) electrons. The van der Waals surface area contributed by atoms with E-state index in [4.69, 9.17) is 4.42 Å². The molecule has 1 N–H and O–H groups in total. The minimum atomic E-state index is -0.531. The van der Waals surface area contributed by atoms with Crippen LogP contribution in [0, 0.1) is 0 Å². The minimum absolute atomic E-state index is 0.241. The molecule has 0 saturated carbocycles. The molecular formula is C20H18N4O3. The summed E-state index contributed by atoms with van der Waals surface area (Å²) in [5, 5.41) is 2.80. The van der Waals surface area contributed by atoms with Crippen LogP contribution in [-0.4, -0.2) is 39.3 Å². The zero-order valence-corrected chi connectivity index (χ0v) is 14.5. The van der Waals surface area contributed by atoms with Crippen LogP contribution in [0.3, 0.4) is 0 Å². The number of carbonyl (C=O) groups excluding carboxylic acids is 2. The van der Waals surface area contributed by atoms with Crippen molar-refractivity contribution in [2.24, 2.45) is 0 Å². The third-order valence-electron chi connectivity index (χ3n) is 4.50. The number of likely N-dealkylation sites (tertiary alicyclic amines) is 1. The van der Waals surface area contributed by atoms with E-state index in [9.17, 15) is 9.59 Å². The first kappa shape index (κ1) is 17.0. The maximum atomic E-state index is 12.7. The summed E-state index contributed by atoms with van der Waals surface area (Å²) in [7, 11) is 0. The zero-order valence-electron chi connectivity index (χ0n) is 14.5. The second-order valence-electron chi connectivity index (χ2n) is 6.28. The van der Waals surface area contributed by atoms with Gasteiger partial charge < -0.3 is 14.6 Å². The molecule has 136 valence electrons. The van der Waals surface area contributed by atoms with Crippen LogP contribution < -0.4 is 5.32 Å². The van der Waals surface area contributed by atoms with E-state index in [-0.39, 0.29) is 17.6 Å². The molecule has 1 saturated heterocycles. The van der Waals surface area contributed by atoms with Gasteiger partial charge in [0, 0.05) is 12.1 Å². The smallest absolute Gasteiger partial charge is 0.290 e. The van der Waals surface area contributed by atoms with E-state index in [1.807, 2.05) is 30.3 Å². The Kier molecular flexibility index (Phi) is 4.65. The zero-order chi connectivity index (χ0) is 18.6. The van der Waals surface area contributed by atoms with Crippen molar-refractivity contribution in [3.8, 4) is 11.4 Å². The van der Waals surface area contributed by atoms with E-state index >= 15 is 0 Å². The van der Waals surface area contributed by atoms with E-state index in [1.165, 1.54) is 6.26 Å². The topological polar surface area (TPSA) is 88.3 Å². The van der Waals surface area contributed by atoms with Gasteiger partial charge in [0.2, 0.25) is 5.91 Å². The molecule has 2 aromatic heterocycles. The highest BCUT2D eigenvalue weighted by molar-refractivity contribution is 6.00. The van der Waals surface area contributed by atoms with Gasteiger partial charge in [0.1, 0.15) is 6.04 Å². The van der Waals surface area contributed by atoms with E-state index in [1.54, 1.807) is 29.4 Å². The van der Waals surface area contributed by atoms with Crippen LogP contribution in [0.1, 0.15) is 23.4 Å². The highest BCUT2D eigenvalue weighted by Crippen LogP contribution is 2.22. The molecule has 7 heteroatoms. The molecule has 7 nitrogen and oxygen atoms in total. The molecule has 1 unspecified atom stereocenters. The van der Waals surface area contributed by atoms with Crippen LogP contribution in [0.15, 0.2) is 65.5 Å². The molecule has 1 fully saturated rings. The number of nitrogens with one attached hydrogen (secondary N) is 1. The summed E-state index contributed by atoms with van der Waals surface area (Å²) in [5.74, 6) is 0.311. The molecule has 1 aliphatic rings. The van der Waals surface area contributed by atoms with Crippen molar-refractivity contribution in [3.05, 3.63) is 66.9 Å². The number of carbonyl (C=O) groups is 2. The Labute approximate surface area is 156 Å². The van der Waals surface area contributed by atoms with Gasteiger partial charge in [0.05, 0.1) is 24.3 Å². The monoisotopic (exact) mass is 362 g/mol. The van der Waals surface area contributed by atoms with Gasteiger partial charge in [-0.05, 0) is 25.0 Å². The Balaban J connectivity index is 1.44. The number of nitrogens with zero attached hydrogens (tertiary/aromatic N) is 3. The molecule has 1 atom stereocenters. The highest BCUT2D eigenvalue weighted by atomic mass is 16.3. The molecule has 1 aliphatic heterocycles. The van der Waals surface area contributed by atoms with Gasteiger partial charge in [0.25, 0.3) is 5.91 Å². The van der Waals surface area contributed by atoms with Crippen molar-refractivity contribution in [2.45, 2.75) is 18.9 Å². The lowest BCUT2D eigenvalue weighted by atomic mass is 10.2. The molecule has 2 amide bonds. The summed E-state index contributed by atoms with van der Waals surface area (Å²) in [5.41, 5.74) is 1.40. The van der Waals surface area contributed by atoms with Gasteiger partial charge in [-0.2, -0.15) is 0 Å². The lowest BCUT2D eigenvalue weighted by molar-refractivity contribution is -0.119. The number of furan rings is 1. The second-order valence-corrected chi connectivity index (χ2v) is 6.28. The Bertz CT molecular complexity index is 924. The SMILES string of the molecule is O=C(Nc1cnc(-c2ccccc2)nc1)C1CCCN1C(=O)c1ccco1. The normalized spacial score (nSPS) is 16.3. The second kappa shape index (κ2) is 7.41. The largest absolute Gasteiger partial charge is 0.459 e. The van der Waals surface area contributed by atoms with Crippen molar-refractivity contribution in [1.29, 1.82) is 0 Å². The fourth-order valence-corrected chi connectivity index (χ4v) is 3.18. The molecular weight excluding hydrogens is 344 g/mol. The number of hydrogen-bond acceptors (Lipinski definition) is 5. The van der Waals surface area contributed by atoms with Crippen LogP contribution in [-0.2, 0) is 4.79 Å². The number of anilines is 1. The van der Waals surface area contributed by atoms with Crippen molar-refractivity contribution < 1.29 is 14.0 Å². The summed E-state index contributed by atoms with van der Waals surface area (Å²) in [6.07, 6.45) is 5.97. The highest BCUT2D eigenvalue weighted by Gasteiger charge is 2.35. The quantitative estimate of drug-likeness (QED) is 0.771. The van der Waals surface area contributed by atoms with Gasteiger partial charge in [-0.1, -0.05) is 30.3 Å². The first-order valence-corrected chi connectivity index (χ1v) is 8.75. The molecule has 1 aromatic carbocycles. The molecule has 3 heterocycles. The predicted octanol–water partition coefficient (Wildman–Crippen LogP) is 2.98. The number of benzene rings is 1. The van der Waals surface area contributed by atoms with E-state index in [0.717, 1.165) is 12.0 Å². The molecule has 0 aliphatic carbocycles. The third kappa shape index (κ3) is 3.57. The van der Waals surface area contributed by atoms with E-state index in [2.05, 4.69) is 15.3 Å². The summed E-state index contributed by atoms with van der Waals surface area (Å²) in [6, 6.07) is 12.3. The summed E-state index contributed by atoms with van der Waals surface area (Å²) in [6.45, 7) is 0.529. The minimum Gasteiger partial charge on any atom is -0.459 e. The van der Waals surface area contributed by atoms with Crippen molar-refractivity contribution in [1.82, 2.24) is 14.9 Å². The third-order valence-corrected chi connectivity index (χ3v) is 4.50. The number of rotatable bonds is 4. The lowest BCUT2D eigenvalue weighted by Crippen LogP contribution is -2.43. The van der Waals surface area contributed by atoms with Gasteiger partial charge in [0.15, 0.2) is 11.6 Å².